The molecule has 1 N–H and O–H groups in total. The Labute approximate surface area is 155 Å². The average Bonchev–Trinajstić information content (AvgIpc) is 2.83. The van der Waals surface area contributed by atoms with E-state index in [0.717, 1.165) is 11.3 Å². The van der Waals surface area contributed by atoms with Crippen LogP contribution in [0.3, 0.4) is 0 Å². The van der Waals surface area contributed by atoms with Crippen molar-refractivity contribution in [3.8, 4) is 0 Å². The lowest BCUT2D eigenvalue weighted by molar-refractivity contribution is -0.116. The zero-order valence-corrected chi connectivity index (χ0v) is 16.9. The SMILES string of the molecule is Cc1ccc(NC(=O)CCn2nc(C)c(S(=O)(=O)N(C)C)c2C)cc1C. The van der Waals surface area contributed by atoms with Crippen LogP contribution in [0.4, 0.5) is 5.69 Å². The van der Waals surface area contributed by atoms with Crippen LogP contribution in [0.5, 0.6) is 0 Å². The highest BCUT2D eigenvalue weighted by Crippen LogP contribution is 2.22. The van der Waals surface area contributed by atoms with Gasteiger partial charge < -0.3 is 5.32 Å². The van der Waals surface area contributed by atoms with Gasteiger partial charge in [0, 0.05) is 26.2 Å². The number of benzene rings is 1. The first kappa shape index (κ1) is 20.1. The number of nitrogens with one attached hydrogen (secondary N) is 1. The highest BCUT2D eigenvalue weighted by molar-refractivity contribution is 7.89. The van der Waals surface area contributed by atoms with Gasteiger partial charge in [-0.3, -0.25) is 9.48 Å². The van der Waals surface area contributed by atoms with Crippen LogP contribution < -0.4 is 5.32 Å². The van der Waals surface area contributed by atoms with E-state index in [4.69, 9.17) is 0 Å². The fourth-order valence-corrected chi connectivity index (χ4v) is 3.96. The van der Waals surface area contributed by atoms with Gasteiger partial charge in [-0.05, 0) is 51.0 Å². The van der Waals surface area contributed by atoms with E-state index >= 15 is 0 Å². The summed E-state index contributed by atoms with van der Waals surface area (Å²) in [6.45, 7) is 7.69. The van der Waals surface area contributed by atoms with Crippen LogP contribution in [0.15, 0.2) is 23.1 Å². The number of anilines is 1. The number of hydrogen-bond acceptors (Lipinski definition) is 4. The third-order valence-electron chi connectivity index (χ3n) is 4.40. The number of carbonyl (C=O) groups excluding carboxylic acids is 1. The zero-order valence-electron chi connectivity index (χ0n) is 16.1. The van der Waals surface area contributed by atoms with E-state index in [9.17, 15) is 13.2 Å². The Hall–Kier alpha value is -2.19. The average molecular weight is 378 g/mol. The van der Waals surface area contributed by atoms with Crippen LogP contribution in [0, 0.1) is 27.7 Å². The van der Waals surface area contributed by atoms with E-state index in [-0.39, 0.29) is 17.2 Å². The van der Waals surface area contributed by atoms with Crippen molar-refractivity contribution in [3.05, 3.63) is 40.7 Å². The normalized spacial score (nSPS) is 11.8. The topological polar surface area (TPSA) is 84.3 Å². The van der Waals surface area contributed by atoms with Gasteiger partial charge in [0.25, 0.3) is 0 Å². The second-order valence-electron chi connectivity index (χ2n) is 6.61. The molecule has 0 saturated carbocycles. The fourth-order valence-electron chi connectivity index (χ4n) is 2.70. The van der Waals surface area contributed by atoms with Crippen molar-refractivity contribution >= 4 is 21.6 Å². The van der Waals surface area contributed by atoms with Crippen molar-refractivity contribution in [2.45, 2.75) is 45.6 Å². The molecule has 1 amide bonds. The maximum atomic E-state index is 12.4. The number of aryl methyl sites for hydroxylation is 4. The van der Waals surface area contributed by atoms with Gasteiger partial charge >= 0.3 is 0 Å². The van der Waals surface area contributed by atoms with Crippen molar-refractivity contribution in [1.82, 2.24) is 14.1 Å². The Bertz CT molecular complexity index is 930. The molecule has 2 aromatic rings. The van der Waals surface area contributed by atoms with Crippen LogP contribution in [0.1, 0.15) is 28.9 Å². The predicted octanol–water partition coefficient (Wildman–Crippen LogP) is 2.40. The molecule has 2 rings (SSSR count). The Balaban J connectivity index is 2.10. The molecule has 0 unspecified atom stereocenters. The summed E-state index contributed by atoms with van der Waals surface area (Å²) in [5.41, 5.74) is 4.00. The first-order valence-corrected chi connectivity index (χ1v) is 9.81. The van der Waals surface area contributed by atoms with Crippen LogP contribution in [0.2, 0.25) is 0 Å². The maximum Gasteiger partial charge on any atom is 0.246 e. The van der Waals surface area contributed by atoms with E-state index in [1.54, 1.807) is 18.5 Å². The van der Waals surface area contributed by atoms with E-state index in [2.05, 4.69) is 10.4 Å². The summed E-state index contributed by atoms with van der Waals surface area (Å²) in [5, 5.41) is 7.16. The largest absolute Gasteiger partial charge is 0.326 e. The van der Waals surface area contributed by atoms with Gasteiger partial charge in [0.05, 0.1) is 17.9 Å². The Morgan fingerprint density at radius 3 is 2.38 bits per heavy atom. The number of sulfonamides is 1. The molecule has 0 aliphatic heterocycles. The van der Waals surface area contributed by atoms with Crippen LogP contribution >= 0.6 is 0 Å². The molecule has 0 aliphatic rings. The molecule has 8 heteroatoms. The van der Waals surface area contributed by atoms with Gasteiger partial charge in [0.2, 0.25) is 15.9 Å². The smallest absolute Gasteiger partial charge is 0.246 e. The van der Waals surface area contributed by atoms with Crippen molar-refractivity contribution in [2.75, 3.05) is 19.4 Å². The van der Waals surface area contributed by atoms with E-state index < -0.39 is 10.0 Å². The second kappa shape index (κ2) is 7.59. The molecule has 0 saturated heterocycles. The summed E-state index contributed by atoms with van der Waals surface area (Å²) in [5.74, 6) is -0.141. The lowest BCUT2D eigenvalue weighted by atomic mass is 10.1. The predicted molar refractivity (Wildman–Crippen MR) is 102 cm³/mol. The quantitative estimate of drug-likeness (QED) is 0.836. The summed E-state index contributed by atoms with van der Waals surface area (Å²) in [4.78, 5) is 12.4. The van der Waals surface area contributed by atoms with Gasteiger partial charge in [-0.15, -0.1) is 0 Å². The van der Waals surface area contributed by atoms with Crippen molar-refractivity contribution < 1.29 is 13.2 Å². The van der Waals surface area contributed by atoms with E-state index in [1.807, 2.05) is 32.0 Å². The Morgan fingerprint density at radius 1 is 1.15 bits per heavy atom. The van der Waals surface area contributed by atoms with Crippen LogP contribution in [-0.2, 0) is 21.4 Å². The third kappa shape index (κ3) is 4.13. The molecule has 0 spiro atoms. The number of aromatic nitrogens is 2. The molecule has 0 bridgehead atoms. The second-order valence-corrected chi connectivity index (χ2v) is 8.70. The minimum Gasteiger partial charge on any atom is -0.326 e. The molecule has 0 aliphatic carbocycles. The summed E-state index contributed by atoms with van der Waals surface area (Å²) in [6, 6.07) is 5.76. The molecule has 1 aromatic heterocycles. The molecule has 1 heterocycles. The van der Waals surface area contributed by atoms with Crippen molar-refractivity contribution in [3.63, 3.8) is 0 Å². The number of nitrogens with zero attached hydrogens (tertiary/aromatic N) is 3. The van der Waals surface area contributed by atoms with Gasteiger partial charge in [0.15, 0.2) is 0 Å². The van der Waals surface area contributed by atoms with Crippen molar-refractivity contribution in [1.29, 1.82) is 0 Å². The van der Waals surface area contributed by atoms with Crippen molar-refractivity contribution in [2.24, 2.45) is 0 Å². The number of rotatable bonds is 6. The highest BCUT2D eigenvalue weighted by Gasteiger charge is 2.26. The van der Waals surface area contributed by atoms with E-state index in [1.165, 1.54) is 24.0 Å². The minimum absolute atomic E-state index is 0.141. The third-order valence-corrected chi connectivity index (χ3v) is 6.46. The van der Waals surface area contributed by atoms with Crippen LogP contribution in [0.25, 0.3) is 0 Å². The van der Waals surface area contributed by atoms with Gasteiger partial charge in [-0.1, -0.05) is 6.07 Å². The molecule has 7 nitrogen and oxygen atoms in total. The molecule has 1 aromatic carbocycles. The first-order chi connectivity index (χ1) is 12.0. The minimum atomic E-state index is -3.56. The molecular formula is C18H26N4O3S. The summed E-state index contributed by atoms with van der Waals surface area (Å²) in [6.07, 6.45) is 0.205. The van der Waals surface area contributed by atoms with E-state index in [0.29, 0.717) is 17.9 Å². The molecule has 0 fully saturated rings. The zero-order chi connectivity index (χ0) is 19.6. The highest BCUT2D eigenvalue weighted by atomic mass is 32.2. The summed E-state index contributed by atoms with van der Waals surface area (Å²) < 4.78 is 27.6. The first-order valence-electron chi connectivity index (χ1n) is 8.37. The number of carbonyl (C=O) groups is 1. The molecule has 26 heavy (non-hydrogen) atoms. The fraction of sp³-hybridized carbons (Fsp3) is 0.444. The maximum absolute atomic E-state index is 12.4. The lowest BCUT2D eigenvalue weighted by Crippen LogP contribution is -2.23. The summed E-state index contributed by atoms with van der Waals surface area (Å²) >= 11 is 0. The van der Waals surface area contributed by atoms with Crippen LogP contribution in [-0.4, -0.2) is 42.5 Å². The Kier molecular flexibility index (Phi) is 5.87. The standard InChI is InChI=1S/C18H26N4O3S/c1-12-7-8-16(11-13(12)2)19-17(23)9-10-22-15(4)18(14(3)20-22)26(24,25)21(5)6/h7-8,11H,9-10H2,1-6H3,(H,19,23). The molecule has 0 atom stereocenters. The molecule has 0 radical (unpaired) electrons. The van der Waals surface area contributed by atoms with Gasteiger partial charge in [-0.25, -0.2) is 12.7 Å². The Morgan fingerprint density at radius 2 is 1.81 bits per heavy atom. The van der Waals surface area contributed by atoms with Gasteiger partial charge in [-0.2, -0.15) is 5.10 Å². The lowest BCUT2D eigenvalue weighted by Gasteiger charge is -2.12. The summed E-state index contributed by atoms with van der Waals surface area (Å²) in [7, 11) is -0.587. The monoisotopic (exact) mass is 378 g/mol. The number of hydrogen-bond donors (Lipinski definition) is 1. The molecular weight excluding hydrogens is 352 g/mol. The number of amides is 1. The molecule has 142 valence electrons. The van der Waals surface area contributed by atoms with Gasteiger partial charge in [0.1, 0.15) is 4.90 Å².